The van der Waals surface area contributed by atoms with Crippen LogP contribution in [0.5, 0.6) is 0 Å². The third-order valence-corrected chi connectivity index (χ3v) is 6.69. The van der Waals surface area contributed by atoms with Crippen LogP contribution in [0.1, 0.15) is 32.3 Å². The molecule has 0 radical (unpaired) electrons. The van der Waals surface area contributed by atoms with E-state index in [1.165, 1.54) is 0 Å². The molecule has 2 saturated heterocycles. The topological polar surface area (TPSA) is 49.9 Å². The average molecular weight is 395 g/mol. The Hall–Kier alpha value is -2.40. The summed E-state index contributed by atoms with van der Waals surface area (Å²) in [5, 5.41) is 0. The number of benzene rings is 1. The van der Waals surface area contributed by atoms with Gasteiger partial charge in [0.05, 0.1) is 12.0 Å². The van der Waals surface area contributed by atoms with Crippen LogP contribution in [0.25, 0.3) is 0 Å². The molecule has 5 nitrogen and oxygen atoms in total. The number of rotatable bonds is 7. The van der Waals surface area contributed by atoms with E-state index < -0.39 is 11.0 Å². The molecule has 29 heavy (non-hydrogen) atoms. The van der Waals surface area contributed by atoms with Gasteiger partial charge in [0.15, 0.2) is 0 Å². The lowest BCUT2D eigenvalue weighted by Gasteiger charge is -2.40. The summed E-state index contributed by atoms with van der Waals surface area (Å²) in [4.78, 5) is 31.5. The number of carbonyl (C=O) groups excluding carboxylic acids is 2. The third kappa shape index (κ3) is 2.86. The summed E-state index contributed by atoms with van der Waals surface area (Å²) in [7, 11) is 0. The first-order valence-corrected chi connectivity index (χ1v) is 10.7. The van der Waals surface area contributed by atoms with Crippen LogP contribution in [0.4, 0.5) is 0 Å². The molecule has 5 heteroatoms. The summed E-state index contributed by atoms with van der Waals surface area (Å²) in [6.07, 6.45) is 10.3. The molecule has 4 rings (SSSR count). The smallest absolute Gasteiger partial charge is 0.337 e. The van der Waals surface area contributed by atoms with Crippen molar-refractivity contribution in [2.45, 2.75) is 38.8 Å². The predicted octanol–water partition coefficient (Wildman–Crippen LogP) is 3.18. The summed E-state index contributed by atoms with van der Waals surface area (Å²) in [6.45, 7) is 6.69. The number of hydrogen-bond acceptors (Lipinski definition) is 4. The van der Waals surface area contributed by atoms with Crippen molar-refractivity contribution in [2.24, 2.45) is 11.3 Å². The maximum atomic E-state index is 14.0. The Balaban J connectivity index is 1.79. The molecule has 1 amide bonds. The number of ether oxygens (including phenoxy) is 1. The molecular weight excluding hydrogens is 364 g/mol. The molecule has 2 aliphatic heterocycles. The molecule has 0 bridgehead atoms. The van der Waals surface area contributed by atoms with E-state index in [9.17, 15) is 9.59 Å². The van der Waals surface area contributed by atoms with Gasteiger partial charge in [-0.25, -0.2) is 4.79 Å². The second-order valence-electron chi connectivity index (χ2n) is 8.27. The molecule has 1 aliphatic carbocycles. The molecule has 1 spiro atoms. The van der Waals surface area contributed by atoms with Crippen LogP contribution < -0.4 is 0 Å². The number of amides is 1. The number of esters is 1. The number of nitrogens with zero attached hydrogens (tertiary/aromatic N) is 2. The van der Waals surface area contributed by atoms with Crippen molar-refractivity contribution in [1.82, 2.24) is 9.80 Å². The van der Waals surface area contributed by atoms with Crippen molar-refractivity contribution in [1.29, 1.82) is 0 Å². The molecule has 2 fully saturated rings. The van der Waals surface area contributed by atoms with Gasteiger partial charge in [0, 0.05) is 25.6 Å². The van der Waals surface area contributed by atoms with Gasteiger partial charge in [0.1, 0.15) is 0 Å². The fourth-order valence-electron chi connectivity index (χ4n) is 5.42. The largest absolute Gasteiger partial charge is 0.464 e. The van der Waals surface area contributed by atoms with Crippen molar-refractivity contribution < 1.29 is 14.3 Å². The Labute approximate surface area is 173 Å². The highest BCUT2D eigenvalue weighted by Crippen LogP contribution is 2.58. The molecule has 2 heterocycles. The molecular formula is C24H30N2O3. The van der Waals surface area contributed by atoms with Crippen LogP contribution in [0.2, 0.25) is 0 Å². The molecule has 0 unspecified atom stereocenters. The predicted molar refractivity (Wildman–Crippen MR) is 112 cm³/mol. The fourth-order valence-corrected chi connectivity index (χ4v) is 5.42. The molecule has 1 aromatic rings. The Bertz CT molecular complexity index is 834. The van der Waals surface area contributed by atoms with Crippen molar-refractivity contribution in [3.8, 4) is 0 Å². The van der Waals surface area contributed by atoms with E-state index in [2.05, 4.69) is 24.0 Å². The fraction of sp³-hybridized carbons (Fsp3) is 0.500. The number of unbranched alkanes of at least 4 members (excludes halogenated alkanes) is 1. The molecule has 0 N–H and O–H groups in total. The Kier molecular flexibility index (Phi) is 5.34. The van der Waals surface area contributed by atoms with Gasteiger partial charge in [-0.2, -0.15) is 0 Å². The second kappa shape index (κ2) is 7.79. The van der Waals surface area contributed by atoms with E-state index in [1.54, 1.807) is 0 Å². The Morgan fingerprint density at radius 3 is 2.72 bits per heavy atom. The molecule has 3 aliphatic rings. The highest BCUT2D eigenvalue weighted by molar-refractivity contribution is 6.11. The van der Waals surface area contributed by atoms with Gasteiger partial charge in [-0.1, -0.05) is 68.0 Å². The van der Waals surface area contributed by atoms with Crippen LogP contribution in [0.3, 0.4) is 0 Å². The van der Waals surface area contributed by atoms with Crippen molar-refractivity contribution >= 4 is 11.9 Å². The van der Waals surface area contributed by atoms with E-state index in [-0.39, 0.29) is 24.4 Å². The standard InChI is InChI=1S/C24H30N2O3/c1-3-5-15-26-17-20-13-9-10-14-23(20)18-25(16-19-11-7-6-8-12-19)21(27)24(23,26)22(28)29-4-2/h6-14,20H,3-5,15-18H2,1-2H3/t20-,23-,24-/m0/s1. The Morgan fingerprint density at radius 1 is 1.21 bits per heavy atom. The minimum absolute atomic E-state index is 0.113. The van der Waals surface area contributed by atoms with Crippen molar-refractivity contribution in [2.75, 3.05) is 26.2 Å². The maximum Gasteiger partial charge on any atom is 0.337 e. The summed E-state index contributed by atoms with van der Waals surface area (Å²) in [5.74, 6) is -0.379. The number of allylic oxidation sites excluding steroid dienone is 2. The van der Waals surface area contributed by atoms with Crippen LogP contribution in [-0.2, 0) is 20.9 Å². The zero-order valence-electron chi connectivity index (χ0n) is 17.3. The lowest BCUT2D eigenvalue weighted by atomic mass is 9.65. The maximum absolute atomic E-state index is 14.0. The van der Waals surface area contributed by atoms with Crippen LogP contribution in [0.15, 0.2) is 54.6 Å². The Morgan fingerprint density at radius 2 is 2.00 bits per heavy atom. The average Bonchev–Trinajstić information content (AvgIpc) is 3.15. The molecule has 0 aromatic heterocycles. The van der Waals surface area contributed by atoms with E-state index in [0.717, 1.165) is 24.9 Å². The van der Waals surface area contributed by atoms with E-state index in [0.29, 0.717) is 19.6 Å². The van der Waals surface area contributed by atoms with Gasteiger partial charge in [-0.3, -0.25) is 9.69 Å². The second-order valence-corrected chi connectivity index (χ2v) is 8.27. The van der Waals surface area contributed by atoms with Gasteiger partial charge in [0.2, 0.25) is 5.54 Å². The van der Waals surface area contributed by atoms with Crippen molar-refractivity contribution in [3.05, 3.63) is 60.2 Å². The summed E-state index contributed by atoms with van der Waals surface area (Å²) < 4.78 is 5.57. The zero-order chi connectivity index (χ0) is 20.5. The SMILES string of the molecule is CCCCN1C[C@@H]2C=CC=C[C@]23CN(Cc2ccccc2)C(=O)[C@@]13C(=O)OCC. The van der Waals surface area contributed by atoms with Crippen LogP contribution >= 0.6 is 0 Å². The lowest BCUT2D eigenvalue weighted by molar-refractivity contribution is -0.165. The van der Waals surface area contributed by atoms with Crippen LogP contribution in [0, 0.1) is 11.3 Å². The summed E-state index contributed by atoms with van der Waals surface area (Å²) >= 11 is 0. The molecule has 1 aromatic carbocycles. The lowest BCUT2D eigenvalue weighted by Crippen LogP contribution is -2.63. The van der Waals surface area contributed by atoms with Crippen molar-refractivity contribution in [3.63, 3.8) is 0 Å². The molecule has 3 atom stereocenters. The molecule has 154 valence electrons. The van der Waals surface area contributed by atoms with E-state index in [4.69, 9.17) is 4.74 Å². The molecule has 0 saturated carbocycles. The van der Waals surface area contributed by atoms with Gasteiger partial charge in [0.25, 0.3) is 5.91 Å². The number of hydrogen-bond donors (Lipinski definition) is 0. The highest BCUT2D eigenvalue weighted by Gasteiger charge is 2.76. The van der Waals surface area contributed by atoms with Gasteiger partial charge < -0.3 is 9.64 Å². The summed E-state index contributed by atoms with van der Waals surface area (Å²) in [6, 6.07) is 9.99. The summed E-state index contributed by atoms with van der Waals surface area (Å²) in [5.41, 5.74) is -0.768. The minimum atomic E-state index is -1.26. The third-order valence-electron chi connectivity index (χ3n) is 6.69. The quantitative estimate of drug-likeness (QED) is 0.527. The van der Waals surface area contributed by atoms with Crippen LogP contribution in [-0.4, -0.2) is 53.5 Å². The van der Waals surface area contributed by atoms with Gasteiger partial charge in [-0.05, 0) is 25.5 Å². The van der Waals surface area contributed by atoms with Gasteiger partial charge in [-0.15, -0.1) is 0 Å². The number of likely N-dealkylation sites (tertiary alicyclic amines) is 2. The normalized spacial score (nSPS) is 30.5. The van der Waals surface area contributed by atoms with E-state index >= 15 is 0 Å². The first-order valence-electron chi connectivity index (χ1n) is 10.7. The first-order chi connectivity index (χ1) is 14.1. The monoisotopic (exact) mass is 394 g/mol. The first kappa shape index (κ1) is 19.9. The zero-order valence-corrected chi connectivity index (χ0v) is 17.3. The van der Waals surface area contributed by atoms with Gasteiger partial charge >= 0.3 is 5.97 Å². The highest BCUT2D eigenvalue weighted by atomic mass is 16.5. The minimum Gasteiger partial charge on any atom is -0.464 e. The number of carbonyl (C=O) groups is 2. The van der Waals surface area contributed by atoms with E-state index in [1.807, 2.05) is 54.3 Å².